The van der Waals surface area contributed by atoms with Crippen molar-refractivity contribution in [2.45, 2.75) is 19.8 Å². The molecule has 0 fully saturated rings. The molecular weight excluding hydrogens is 202 g/mol. The first-order valence-corrected chi connectivity index (χ1v) is 4.71. The molecule has 0 bridgehead atoms. The summed E-state index contributed by atoms with van der Waals surface area (Å²) >= 11 is 5.59. The lowest BCUT2D eigenvalue weighted by Gasteiger charge is -2.03. The minimum Gasteiger partial charge on any atom is -0.478 e. The van der Waals surface area contributed by atoms with E-state index in [1.165, 1.54) is 6.07 Å². The van der Waals surface area contributed by atoms with Crippen LogP contribution in [0.5, 0.6) is 5.88 Å². The highest BCUT2D eigenvalue weighted by Crippen LogP contribution is 2.12. The molecule has 1 heterocycles. The van der Waals surface area contributed by atoms with E-state index in [1.54, 1.807) is 0 Å². The van der Waals surface area contributed by atoms with E-state index in [-0.39, 0.29) is 11.0 Å². The zero-order valence-electron chi connectivity index (χ0n) is 7.83. The third-order valence-electron chi connectivity index (χ3n) is 1.54. The summed E-state index contributed by atoms with van der Waals surface area (Å²) in [6.07, 6.45) is 1.99. The third kappa shape index (κ3) is 3.19. The van der Waals surface area contributed by atoms with Gasteiger partial charge in [0.2, 0.25) is 11.2 Å². The number of aromatic nitrogens is 2. The Morgan fingerprint density at radius 3 is 3.00 bits per heavy atom. The molecule has 0 aliphatic rings. The molecule has 0 aliphatic carbocycles. The van der Waals surface area contributed by atoms with Crippen molar-refractivity contribution >= 4 is 11.6 Å². The average Bonchev–Trinajstić information content (AvgIpc) is 2.17. The lowest BCUT2D eigenvalue weighted by molar-refractivity contribution is 0.297. The maximum Gasteiger partial charge on any atom is 0.226 e. The second kappa shape index (κ2) is 5.40. The van der Waals surface area contributed by atoms with Crippen LogP contribution in [0.3, 0.4) is 0 Å². The van der Waals surface area contributed by atoms with E-state index in [0.29, 0.717) is 12.5 Å². The Balaban J connectivity index is 2.68. The van der Waals surface area contributed by atoms with Gasteiger partial charge in [-0.1, -0.05) is 13.3 Å². The van der Waals surface area contributed by atoms with Crippen LogP contribution >= 0.6 is 11.6 Å². The maximum absolute atomic E-state index is 8.60. The number of hydrogen-bond acceptors (Lipinski definition) is 4. The highest BCUT2D eigenvalue weighted by Gasteiger charge is 2.02. The summed E-state index contributed by atoms with van der Waals surface area (Å²) in [5, 5.41) is 8.64. The van der Waals surface area contributed by atoms with E-state index in [9.17, 15) is 0 Å². The smallest absolute Gasteiger partial charge is 0.226 e. The monoisotopic (exact) mass is 211 g/mol. The standard InChI is InChI=1S/C9H10ClN3O/c1-2-3-4-14-8-5-7(6-11)12-9(10)13-8/h5H,2-4H2,1H3. The molecule has 0 radical (unpaired) electrons. The fraction of sp³-hybridized carbons (Fsp3) is 0.444. The van der Waals surface area contributed by atoms with Crippen molar-refractivity contribution in [3.63, 3.8) is 0 Å². The van der Waals surface area contributed by atoms with Crippen molar-refractivity contribution in [1.82, 2.24) is 9.97 Å². The van der Waals surface area contributed by atoms with Crippen molar-refractivity contribution < 1.29 is 4.74 Å². The van der Waals surface area contributed by atoms with Gasteiger partial charge < -0.3 is 4.74 Å². The molecule has 0 amide bonds. The van der Waals surface area contributed by atoms with Crippen LogP contribution in [0.2, 0.25) is 5.28 Å². The first-order chi connectivity index (χ1) is 6.76. The second-order valence-corrected chi connectivity index (χ2v) is 3.01. The predicted molar refractivity (Wildman–Crippen MR) is 52.2 cm³/mol. The van der Waals surface area contributed by atoms with Crippen LogP contribution in [0.1, 0.15) is 25.5 Å². The largest absolute Gasteiger partial charge is 0.478 e. The molecule has 1 aromatic rings. The lowest BCUT2D eigenvalue weighted by Crippen LogP contribution is -2.00. The maximum atomic E-state index is 8.60. The van der Waals surface area contributed by atoms with Gasteiger partial charge in [0.15, 0.2) is 0 Å². The van der Waals surface area contributed by atoms with Crippen molar-refractivity contribution in [3.05, 3.63) is 17.0 Å². The molecule has 1 aromatic heterocycles. The number of nitrogens with zero attached hydrogens (tertiary/aromatic N) is 3. The normalized spacial score (nSPS) is 9.50. The van der Waals surface area contributed by atoms with Crippen LogP contribution in [0.25, 0.3) is 0 Å². The average molecular weight is 212 g/mol. The number of nitriles is 1. The Morgan fingerprint density at radius 1 is 1.57 bits per heavy atom. The summed E-state index contributed by atoms with van der Waals surface area (Å²) < 4.78 is 5.28. The summed E-state index contributed by atoms with van der Waals surface area (Å²) in [5.74, 6) is 0.356. The van der Waals surface area contributed by atoms with Crippen molar-refractivity contribution in [1.29, 1.82) is 5.26 Å². The number of hydrogen-bond donors (Lipinski definition) is 0. The Bertz CT molecular complexity index is 348. The fourth-order valence-electron chi connectivity index (χ4n) is 0.849. The Hall–Kier alpha value is -1.34. The molecule has 14 heavy (non-hydrogen) atoms. The molecule has 0 aromatic carbocycles. The Labute approximate surface area is 87.5 Å². The molecule has 0 unspecified atom stereocenters. The van der Waals surface area contributed by atoms with Crippen molar-refractivity contribution in [2.75, 3.05) is 6.61 Å². The van der Waals surface area contributed by atoms with E-state index in [2.05, 4.69) is 16.9 Å². The van der Waals surface area contributed by atoms with Crippen LogP contribution in [-0.2, 0) is 0 Å². The molecule has 0 spiro atoms. The summed E-state index contributed by atoms with van der Waals surface area (Å²) in [6, 6.07) is 3.36. The van der Waals surface area contributed by atoms with Crippen LogP contribution < -0.4 is 4.74 Å². The van der Waals surface area contributed by atoms with Gasteiger partial charge in [0.05, 0.1) is 6.61 Å². The van der Waals surface area contributed by atoms with Gasteiger partial charge in [0, 0.05) is 6.07 Å². The molecule has 1 rings (SSSR count). The van der Waals surface area contributed by atoms with E-state index in [0.717, 1.165) is 12.8 Å². The molecule has 0 aliphatic heterocycles. The molecule has 0 N–H and O–H groups in total. The first kappa shape index (κ1) is 10.7. The molecule has 5 heteroatoms. The van der Waals surface area contributed by atoms with Crippen LogP contribution in [0.15, 0.2) is 6.07 Å². The van der Waals surface area contributed by atoms with Crippen molar-refractivity contribution in [3.8, 4) is 11.9 Å². The number of rotatable bonds is 4. The van der Waals surface area contributed by atoms with Crippen LogP contribution in [0.4, 0.5) is 0 Å². The summed E-state index contributed by atoms with van der Waals surface area (Å²) in [6.45, 7) is 2.64. The Kier molecular flexibility index (Phi) is 4.14. The Morgan fingerprint density at radius 2 is 2.36 bits per heavy atom. The van der Waals surface area contributed by atoms with E-state index in [4.69, 9.17) is 21.6 Å². The van der Waals surface area contributed by atoms with Gasteiger partial charge in [-0.2, -0.15) is 10.2 Å². The fourth-order valence-corrected chi connectivity index (χ4v) is 1.02. The van der Waals surface area contributed by atoms with Gasteiger partial charge in [0.1, 0.15) is 11.8 Å². The third-order valence-corrected chi connectivity index (χ3v) is 1.71. The summed E-state index contributed by atoms with van der Waals surface area (Å²) in [4.78, 5) is 7.53. The SMILES string of the molecule is CCCCOc1cc(C#N)nc(Cl)n1. The van der Waals surface area contributed by atoms with Gasteiger partial charge in [-0.25, -0.2) is 4.98 Å². The molecule has 0 saturated heterocycles. The minimum absolute atomic E-state index is 0.0375. The lowest BCUT2D eigenvalue weighted by atomic mass is 10.4. The van der Waals surface area contributed by atoms with E-state index < -0.39 is 0 Å². The molecule has 4 nitrogen and oxygen atoms in total. The topological polar surface area (TPSA) is 58.8 Å². The van der Waals surface area contributed by atoms with Gasteiger partial charge >= 0.3 is 0 Å². The van der Waals surface area contributed by atoms with E-state index >= 15 is 0 Å². The second-order valence-electron chi connectivity index (χ2n) is 2.67. The van der Waals surface area contributed by atoms with E-state index in [1.807, 2.05) is 6.07 Å². The van der Waals surface area contributed by atoms with Gasteiger partial charge in [-0.3, -0.25) is 0 Å². The molecule has 0 saturated carbocycles. The summed E-state index contributed by atoms with van der Waals surface area (Å²) in [5.41, 5.74) is 0.219. The minimum atomic E-state index is 0.0375. The van der Waals surface area contributed by atoms with Crippen molar-refractivity contribution in [2.24, 2.45) is 0 Å². The molecule has 74 valence electrons. The van der Waals surface area contributed by atoms with Crippen LogP contribution in [-0.4, -0.2) is 16.6 Å². The zero-order chi connectivity index (χ0) is 10.4. The predicted octanol–water partition coefficient (Wildman–Crippen LogP) is 2.18. The number of ether oxygens (including phenoxy) is 1. The van der Waals surface area contributed by atoms with Gasteiger partial charge in [0.25, 0.3) is 0 Å². The quantitative estimate of drug-likeness (QED) is 0.566. The van der Waals surface area contributed by atoms with Gasteiger partial charge in [-0.05, 0) is 18.0 Å². The molecule has 0 atom stereocenters. The summed E-state index contributed by atoms with van der Waals surface area (Å²) in [7, 11) is 0. The van der Waals surface area contributed by atoms with Gasteiger partial charge in [-0.15, -0.1) is 0 Å². The zero-order valence-corrected chi connectivity index (χ0v) is 8.58. The highest BCUT2D eigenvalue weighted by molar-refractivity contribution is 6.28. The number of unbranched alkanes of at least 4 members (excludes halogenated alkanes) is 1. The first-order valence-electron chi connectivity index (χ1n) is 4.33. The highest BCUT2D eigenvalue weighted by atomic mass is 35.5. The van der Waals surface area contributed by atoms with Crippen LogP contribution in [0, 0.1) is 11.3 Å². The molecular formula is C9H10ClN3O. The number of halogens is 1.